The van der Waals surface area contributed by atoms with Gasteiger partial charge in [-0.2, -0.15) is 13.2 Å². The Labute approximate surface area is 188 Å². The topological polar surface area (TPSA) is 81.1 Å². The van der Waals surface area contributed by atoms with Crippen molar-refractivity contribution in [2.45, 2.75) is 45.0 Å². The fourth-order valence-corrected chi connectivity index (χ4v) is 3.94. The van der Waals surface area contributed by atoms with E-state index in [-0.39, 0.29) is 18.0 Å². The molecule has 1 amide bonds. The molecule has 0 bridgehead atoms. The van der Waals surface area contributed by atoms with Gasteiger partial charge in [0.25, 0.3) is 5.91 Å². The number of carbonyl (C=O) groups excluding carboxylic acids is 1. The molecule has 0 radical (unpaired) electrons. The molecule has 172 valence electrons. The van der Waals surface area contributed by atoms with Crippen LogP contribution in [-0.2, 0) is 6.18 Å². The number of ether oxygens (including phenoxy) is 1. The van der Waals surface area contributed by atoms with Crippen molar-refractivity contribution in [1.29, 1.82) is 0 Å². The van der Waals surface area contributed by atoms with Crippen LogP contribution in [0.15, 0.2) is 49.1 Å². The number of amides is 1. The number of carbonyl (C=O) groups is 1. The van der Waals surface area contributed by atoms with Gasteiger partial charge >= 0.3 is 12.2 Å². The summed E-state index contributed by atoms with van der Waals surface area (Å²) in [6.07, 6.45) is 0.951. The maximum Gasteiger partial charge on any atom is 0.419 e. The van der Waals surface area contributed by atoms with Crippen LogP contribution in [0.4, 0.5) is 13.2 Å². The molecule has 33 heavy (non-hydrogen) atoms. The lowest BCUT2D eigenvalue weighted by Crippen LogP contribution is -2.51. The first-order chi connectivity index (χ1) is 15.8. The molecule has 4 rings (SSSR count). The van der Waals surface area contributed by atoms with Crippen LogP contribution in [0.1, 0.15) is 41.3 Å². The monoisotopic (exact) mass is 457 g/mol. The molecule has 1 saturated heterocycles. The molecule has 1 aliphatic heterocycles. The predicted octanol–water partition coefficient (Wildman–Crippen LogP) is 4.33. The summed E-state index contributed by atoms with van der Waals surface area (Å²) in [5.41, 5.74) is 1.09. The zero-order valence-corrected chi connectivity index (χ0v) is 18.1. The first-order valence-electron chi connectivity index (χ1n) is 10.5. The van der Waals surface area contributed by atoms with Gasteiger partial charge in [0.05, 0.1) is 17.2 Å². The van der Waals surface area contributed by atoms with Gasteiger partial charge in [-0.25, -0.2) is 19.9 Å². The number of halogens is 3. The molecular weight excluding hydrogens is 435 g/mol. The van der Waals surface area contributed by atoms with E-state index in [1.54, 1.807) is 29.4 Å². The molecule has 2 aromatic heterocycles. The molecule has 1 fully saturated rings. The second kappa shape index (κ2) is 9.13. The molecule has 10 heteroatoms. The van der Waals surface area contributed by atoms with Crippen LogP contribution in [-0.4, -0.2) is 49.4 Å². The summed E-state index contributed by atoms with van der Waals surface area (Å²) in [6.45, 7) is 4.27. The molecule has 2 atom stereocenters. The second-order valence-corrected chi connectivity index (χ2v) is 7.86. The van der Waals surface area contributed by atoms with E-state index in [4.69, 9.17) is 4.74 Å². The highest BCUT2D eigenvalue weighted by Gasteiger charge is 2.35. The van der Waals surface area contributed by atoms with E-state index in [2.05, 4.69) is 19.9 Å². The maximum atomic E-state index is 13.6. The highest BCUT2D eigenvalue weighted by atomic mass is 19.4. The summed E-state index contributed by atoms with van der Waals surface area (Å²) in [5, 5.41) is 0. The molecule has 0 aliphatic carbocycles. The largest absolute Gasteiger partial charge is 0.458 e. The molecule has 0 N–H and O–H groups in total. The molecular formula is C23H22F3N5O2. The Bertz CT molecular complexity index is 1120. The number of alkyl halides is 3. The molecule has 0 saturated carbocycles. The molecule has 3 heterocycles. The average Bonchev–Trinajstić information content (AvgIpc) is 2.80. The van der Waals surface area contributed by atoms with Gasteiger partial charge in [0.1, 0.15) is 6.10 Å². The van der Waals surface area contributed by atoms with Crippen molar-refractivity contribution in [2.24, 2.45) is 0 Å². The summed E-state index contributed by atoms with van der Waals surface area (Å²) in [6, 6.07) is 6.67. The van der Waals surface area contributed by atoms with Crippen molar-refractivity contribution in [1.82, 2.24) is 24.8 Å². The van der Waals surface area contributed by atoms with Crippen molar-refractivity contribution in [3.63, 3.8) is 0 Å². The fraction of sp³-hybridized carbons (Fsp3) is 0.348. The fourth-order valence-electron chi connectivity index (χ4n) is 3.94. The number of aryl methyl sites for hydroxylation is 1. The van der Waals surface area contributed by atoms with E-state index in [0.717, 1.165) is 5.56 Å². The number of hydrogen-bond donors (Lipinski definition) is 0. The van der Waals surface area contributed by atoms with Gasteiger partial charge in [0, 0.05) is 36.9 Å². The Kier molecular flexibility index (Phi) is 6.26. The number of rotatable bonds is 4. The Morgan fingerprint density at radius 1 is 1.09 bits per heavy atom. The maximum absolute atomic E-state index is 13.6. The van der Waals surface area contributed by atoms with Gasteiger partial charge in [-0.05, 0) is 44.4 Å². The van der Waals surface area contributed by atoms with Crippen molar-refractivity contribution in [3.8, 4) is 17.4 Å². The van der Waals surface area contributed by atoms with E-state index in [9.17, 15) is 18.0 Å². The van der Waals surface area contributed by atoms with E-state index in [1.165, 1.54) is 0 Å². The van der Waals surface area contributed by atoms with Crippen LogP contribution in [0.3, 0.4) is 0 Å². The standard InChI is InChI=1S/C23H22F3N5O2/c1-14-6-3-7-17(19(14)20-27-9-5-10-28-20)21(32)31-11-4-8-18(15(31)2)33-22-29-12-16(13-30-22)23(24,25)26/h3,5-7,9-10,12-13,15,18H,4,8,11H2,1-2H3. The van der Waals surface area contributed by atoms with Crippen molar-refractivity contribution >= 4 is 5.91 Å². The summed E-state index contributed by atoms with van der Waals surface area (Å²) in [5.74, 6) is 0.282. The zero-order valence-electron chi connectivity index (χ0n) is 18.1. The zero-order chi connectivity index (χ0) is 23.6. The third kappa shape index (κ3) is 4.79. The molecule has 1 aliphatic rings. The van der Waals surface area contributed by atoms with Crippen molar-refractivity contribution in [3.05, 3.63) is 65.7 Å². The van der Waals surface area contributed by atoms with Gasteiger partial charge in [-0.1, -0.05) is 12.1 Å². The highest BCUT2D eigenvalue weighted by molar-refractivity contribution is 6.01. The van der Waals surface area contributed by atoms with Crippen LogP contribution in [0, 0.1) is 6.92 Å². The van der Waals surface area contributed by atoms with Gasteiger partial charge < -0.3 is 9.64 Å². The molecule has 2 unspecified atom stereocenters. The van der Waals surface area contributed by atoms with E-state index in [1.807, 2.05) is 26.0 Å². The van der Waals surface area contributed by atoms with Gasteiger partial charge in [0.2, 0.25) is 0 Å². The van der Waals surface area contributed by atoms with Crippen molar-refractivity contribution < 1.29 is 22.7 Å². The third-order valence-corrected chi connectivity index (χ3v) is 5.68. The van der Waals surface area contributed by atoms with Gasteiger partial charge in [-0.3, -0.25) is 4.79 Å². The Balaban J connectivity index is 1.56. The number of likely N-dealkylation sites (tertiary alicyclic amines) is 1. The first kappa shape index (κ1) is 22.6. The van der Waals surface area contributed by atoms with Crippen LogP contribution in [0.2, 0.25) is 0 Å². The first-order valence-corrected chi connectivity index (χ1v) is 10.5. The minimum atomic E-state index is -4.52. The van der Waals surface area contributed by atoms with Gasteiger partial charge in [-0.15, -0.1) is 0 Å². The Hall–Kier alpha value is -3.56. The van der Waals surface area contributed by atoms with Crippen molar-refractivity contribution in [2.75, 3.05) is 6.54 Å². The number of hydrogen-bond acceptors (Lipinski definition) is 6. The molecule has 3 aromatic rings. The summed E-state index contributed by atoms with van der Waals surface area (Å²) < 4.78 is 44.0. The Morgan fingerprint density at radius 2 is 1.79 bits per heavy atom. The summed E-state index contributed by atoms with van der Waals surface area (Å²) in [4.78, 5) is 31.3. The van der Waals surface area contributed by atoms with Crippen LogP contribution in [0.5, 0.6) is 6.01 Å². The average molecular weight is 457 g/mol. The van der Waals surface area contributed by atoms with E-state index >= 15 is 0 Å². The van der Waals surface area contributed by atoms with Crippen LogP contribution in [0.25, 0.3) is 11.4 Å². The van der Waals surface area contributed by atoms with Crippen LogP contribution >= 0.6 is 0 Å². The molecule has 1 aromatic carbocycles. The minimum absolute atomic E-state index is 0.150. The lowest BCUT2D eigenvalue weighted by Gasteiger charge is -2.39. The number of nitrogens with zero attached hydrogens (tertiary/aromatic N) is 5. The molecule has 7 nitrogen and oxygen atoms in total. The quantitative estimate of drug-likeness (QED) is 0.580. The summed E-state index contributed by atoms with van der Waals surface area (Å²) >= 11 is 0. The third-order valence-electron chi connectivity index (χ3n) is 5.68. The van der Waals surface area contributed by atoms with Crippen LogP contribution < -0.4 is 4.74 Å². The second-order valence-electron chi connectivity index (χ2n) is 7.86. The normalized spacial score (nSPS) is 18.8. The number of benzene rings is 1. The number of piperidine rings is 1. The predicted molar refractivity (Wildman–Crippen MR) is 113 cm³/mol. The molecule has 0 spiro atoms. The van der Waals surface area contributed by atoms with E-state index < -0.39 is 17.8 Å². The highest BCUT2D eigenvalue weighted by Crippen LogP contribution is 2.30. The lowest BCUT2D eigenvalue weighted by molar-refractivity contribution is -0.138. The summed E-state index contributed by atoms with van der Waals surface area (Å²) in [7, 11) is 0. The lowest BCUT2D eigenvalue weighted by atomic mass is 9.95. The van der Waals surface area contributed by atoms with E-state index in [0.29, 0.717) is 48.7 Å². The Morgan fingerprint density at radius 3 is 2.45 bits per heavy atom. The van der Waals surface area contributed by atoms with Gasteiger partial charge in [0.15, 0.2) is 5.82 Å². The smallest absolute Gasteiger partial charge is 0.419 e. The number of aromatic nitrogens is 4. The SMILES string of the molecule is Cc1cccc(C(=O)N2CCCC(Oc3ncc(C(F)(F)F)cn3)C2C)c1-c1ncccn1. The minimum Gasteiger partial charge on any atom is -0.458 e.